The third-order valence-corrected chi connectivity index (χ3v) is 3.73. The Bertz CT molecular complexity index is 457. The number of esters is 1. The zero-order valence-corrected chi connectivity index (χ0v) is 12.9. The Hall–Kier alpha value is -1.75. The van der Waals surface area contributed by atoms with Crippen LogP contribution in [-0.2, 0) is 9.53 Å². The van der Waals surface area contributed by atoms with E-state index in [1.165, 1.54) is 5.69 Å². The summed E-state index contributed by atoms with van der Waals surface area (Å²) in [6.45, 7) is 6.96. The van der Waals surface area contributed by atoms with Gasteiger partial charge in [0.2, 0.25) is 0 Å². The summed E-state index contributed by atoms with van der Waals surface area (Å²) in [6, 6.07) is 8.14. The average molecular weight is 292 g/mol. The first-order chi connectivity index (χ1) is 10.2. The summed E-state index contributed by atoms with van der Waals surface area (Å²) in [5, 5.41) is 0. The third-order valence-electron chi connectivity index (χ3n) is 3.73. The van der Waals surface area contributed by atoms with Gasteiger partial charge in [0.15, 0.2) is 0 Å². The average Bonchev–Trinajstić information content (AvgIpc) is 2.54. The Kier molecular flexibility index (Phi) is 5.87. The summed E-state index contributed by atoms with van der Waals surface area (Å²) in [4.78, 5) is 16.0. The molecule has 2 rings (SSSR count). The van der Waals surface area contributed by atoms with Crippen LogP contribution < -0.4 is 9.64 Å². The van der Waals surface area contributed by atoms with Crippen LogP contribution in [0.1, 0.15) is 13.3 Å². The highest BCUT2D eigenvalue weighted by molar-refractivity contribution is 5.69. The molecule has 0 amide bonds. The first kappa shape index (κ1) is 15.6. The predicted molar refractivity (Wildman–Crippen MR) is 82.9 cm³/mol. The van der Waals surface area contributed by atoms with Gasteiger partial charge in [-0.15, -0.1) is 0 Å². The SMILES string of the molecule is CCOC(=O)CCN1CCN(c2cccc(OC)c2)CC1. The molecule has 5 nitrogen and oxygen atoms in total. The Labute approximate surface area is 126 Å². The van der Waals surface area contributed by atoms with Crippen LogP contribution in [0.2, 0.25) is 0 Å². The van der Waals surface area contributed by atoms with Gasteiger partial charge in [-0.05, 0) is 19.1 Å². The fourth-order valence-corrected chi connectivity index (χ4v) is 2.52. The standard InChI is InChI=1S/C16H24N2O3/c1-3-21-16(19)7-8-17-9-11-18(12-10-17)14-5-4-6-15(13-14)20-2/h4-6,13H,3,7-12H2,1-2H3. The van der Waals surface area contributed by atoms with E-state index < -0.39 is 0 Å². The Balaban J connectivity index is 1.78. The van der Waals surface area contributed by atoms with E-state index in [1.54, 1.807) is 7.11 Å². The second kappa shape index (κ2) is 7.88. The van der Waals surface area contributed by atoms with Crippen molar-refractivity contribution >= 4 is 11.7 Å². The first-order valence-electron chi connectivity index (χ1n) is 7.50. The molecule has 1 aromatic carbocycles. The summed E-state index contributed by atoms with van der Waals surface area (Å²) in [5.74, 6) is 0.782. The van der Waals surface area contributed by atoms with Gasteiger partial charge >= 0.3 is 5.97 Å². The van der Waals surface area contributed by atoms with Crippen LogP contribution >= 0.6 is 0 Å². The number of hydrogen-bond acceptors (Lipinski definition) is 5. The Morgan fingerprint density at radius 1 is 1.24 bits per heavy atom. The number of rotatable bonds is 6. The lowest BCUT2D eigenvalue weighted by Gasteiger charge is -2.36. The molecule has 1 fully saturated rings. The molecule has 1 aromatic rings. The van der Waals surface area contributed by atoms with Gasteiger partial charge in [-0.25, -0.2) is 0 Å². The second-order valence-corrected chi connectivity index (χ2v) is 5.09. The molecule has 1 aliphatic heterocycles. The van der Waals surface area contributed by atoms with E-state index in [2.05, 4.69) is 21.9 Å². The number of ether oxygens (including phenoxy) is 2. The smallest absolute Gasteiger partial charge is 0.307 e. The molecule has 0 radical (unpaired) electrons. The van der Waals surface area contributed by atoms with Crippen molar-refractivity contribution in [1.82, 2.24) is 4.90 Å². The number of piperazine rings is 1. The van der Waals surface area contributed by atoms with Crippen molar-refractivity contribution in [3.05, 3.63) is 24.3 Å². The lowest BCUT2D eigenvalue weighted by molar-refractivity contribution is -0.143. The van der Waals surface area contributed by atoms with Gasteiger partial charge in [-0.1, -0.05) is 6.07 Å². The van der Waals surface area contributed by atoms with Gasteiger partial charge in [0.25, 0.3) is 0 Å². The van der Waals surface area contributed by atoms with Gasteiger partial charge in [0.05, 0.1) is 20.1 Å². The zero-order chi connectivity index (χ0) is 15.1. The van der Waals surface area contributed by atoms with Crippen molar-refractivity contribution in [2.45, 2.75) is 13.3 Å². The highest BCUT2D eigenvalue weighted by Crippen LogP contribution is 2.22. The number of anilines is 1. The maximum absolute atomic E-state index is 11.4. The van der Waals surface area contributed by atoms with E-state index >= 15 is 0 Å². The normalized spacial score (nSPS) is 15.8. The van der Waals surface area contributed by atoms with Crippen LogP contribution in [0.5, 0.6) is 5.75 Å². The molecule has 0 atom stereocenters. The molecule has 0 bridgehead atoms. The summed E-state index contributed by atoms with van der Waals surface area (Å²) < 4.78 is 10.2. The number of nitrogens with zero attached hydrogens (tertiary/aromatic N) is 2. The van der Waals surface area contributed by atoms with Crippen molar-refractivity contribution in [1.29, 1.82) is 0 Å². The van der Waals surface area contributed by atoms with E-state index in [0.717, 1.165) is 38.5 Å². The molecule has 116 valence electrons. The number of benzene rings is 1. The molecule has 1 heterocycles. The van der Waals surface area contributed by atoms with E-state index in [0.29, 0.717) is 13.0 Å². The van der Waals surface area contributed by atoms with Crippen molar-refractivity contribution in [3.8, 4) is 5.75 Å². The maximum Gasteiger partial charge on any atom is 0.307 e. The molecular weight excluding hydrogens is 268 g/mol. The van der Waals surface area contributed by atoms with Gasteiger partial charge in [0, 0.05) is 44.5 Å². The van der Waals surface area contributed by atoms with E-state index in [9.17, 15) is 4.79 Å². The lowest BCUT2D eigenvalue weighted by atomic mass is 10.2. The summed E-state index contributed by atoms with van der Waals surface area (Å²) >= 11 is 0. The number of methoxy groups -OCH3 is 1. The van der Waals surface area contributed by atoms with Gasteiger partial charge in [-0.2, -0.15) is 0 Å². The fourth-order valence-electron chi connectivity index (χ4n) is 2.52. The van der Waals surface area contributed by atoms with Crippen LogP contribution in [0.3, 0.4) is 0 Å². The third kappa shape index (κ3) is 4.63. The van der Waals surface area contributed by atoms with Crippen molar-refractivity contribution < 1.29 is 14.3 Å². The minimum Gasteiger partial charge on any atom is -0.497 e. The molecule has 0 N–H and O–H groups in total. The minimum absolute atomic E-state index is 0.104. The van der Waals surface area contributed by atoms with Crippen molar-refractivity contribution in [2.24, 2.45) is 0 Å². The van der Waals surface area contributed by atoms with Crippen LogP contribution in [0.15, 0.2) is 24.3 Å². The number of hydrogen-bond donors (Lipinski definition) is 0. The van der Waals surface area contributed by atoms with Crippen LogP contribution in [0.25, 0.3) is 0 Å². The predicted octanol–water partition coefficient (Wildman–Crippen LogP) is 1.77. The molecule has 21 heavy (non-hydrogen) atoms. The second-order valence-electron chi connectivity index (χ2n) is 5.09. The van der Waals surface area contributed by atoms with E-state index in [1.807, 2.05) is 19.1 Å². The lowest BCUT2D eigenvalue weighted by Crippen LogP contribution is -2.47. The maximum atomic E-state index is 11.4. The van der Waals surface area contributed by atoms with Crippen LogP contribution in [-0.4, -0.2) is 57.3 Å². The molecule has 5 heteroatoms. The largest absolute Gasteiger partial charge is 0.497 e. The van der Waals surface area contributed by atoms with Crippen LogP contribution in [0.4, 0.5) is 5.69 Å². The van der Waals surface area contributed by atoms with Gasteiger partial charge in [-0.3, -0.25) is 9.69 Å². The molecular formula is C16H24N2O3. The number of carbonyl (C=O) groups excluding carboxylic acids is 1. The quantitative estimate of drug-likeness (QED) is 0.748. The topological polar surface area (TPSA) is 42.0 Å². The fraction of sp³-hybridized carbons (Fsp3) is 0.562. The van der Waals surface area contributed by atoms with E-state index in [4.69, 9.17) is 9.47 Å². The Morgan fingerprint density at radius 2 is 2.00 bits per heavy atom. The highest BCUT2D eigenvalue weighted by Gasteiger charge is 2.18. The number of carbonyl (C=O) groups is 1. The molecule has 0 saturated carbocycles. The zero-order valence-electron chi connectivity index (χ0n) is 12.9. The molecule has 0 spiro atoms. The first-order valence-corrected chi connectivity index (χ1v) is 7.50. The van der Waals surface area contributed by atoms with E-state index in [-0.39, 0.29) is 5.97 Å². The summed E-state index contributed by atoms with van der Waals surface area (Å²) in [5.41, 5.74) is 1.19. The van der Waals surface area contributed by atoms with Crippen molar-refractivity contribution in [3.63, 3.8) is 0 Å². The van der Waals surface area contributed by atoms with Gasteiger partial charge in [0.1, 0.15) is 5.75 Å². The van der Waals surface area contributed by atoms with Crippen molar-refractivity contribution in [2.75, 3.05) is 51.3 Å². The highest BCUT2D eigenvalue weighted by atomic mass is 16.5. The summed E-state index contributed by atoms with van der Waals surface area (Å²) in [7, 11) is 1.69. The molecule has 0 aliphatic carbocycles. The van der Waals surface area contributed by atoms with Crippen LogP contribution in [0, 0.1) is 0 Å². The van der Waals surface area contributed by atoms with Gasteiger partial charge < -0.3 is 14.4 Å². The molecule has 1 saturated heterocycles. The molecule has 1 aliphatic rings. The summed E-state index contributed by atoms with van der Waals surface area (Å²) in [6.07, 6.45) is 0.479. The monoisotopic (exact) mass is 292 g/mol. The Morgan fingerprint density at radius 3 is 2.67 bits per heavy atom. The molecule has 0 aromatic heterocycles. The molecule has 0 unspecified atom stereocenters. The minimum atomic E-state index is -0.104.